The van der Waals surface area contributed by atoms with Gasteiger partial charge in [-0.1, -0.05) is 23.4 Å². The number of ether oxygens (including phenoxy) is 1. The van der Waals surface area contributed by atoms with Crippen LogP contribution in [0.5, 0.6) is 0 Å². The summed E-state index contributed by atoms with van der Waals surface area (Å²) in [6.45, 7) is 3.53. The number of halogens is 5. The first-order chi connectivity index (χ1) is 15.5. The molecule has 4 rings (SSSR count). The van der Waals surface area contributed by atoms with Crippen LogP contribution in [0.1, 0.15) is 36.0 Å². The van der Waals surface area contributed by atoms with Gasteiger partial charge in [0.05, 0.1) is 38.6 Å². The number of aromatic nitrogens is 1. The van der Waals surface area contributed by atoms with Gasteiger partial charge in [0, 0.05) is 19.1 Å². The van der Waals surface area contributed by atoms with Crippen molar-refractivity contribution in [1.82, 2.24) is 9.88 Å². The second-order valence-corrected chi connectivity index (χ2v) is 9.32. The maximum absolute atomic E-state index is 15.2. The maximum Gasteiger partial charge on any atom is 0.471 e. The lowest BCUT2D eigenvalue weighted by molar-refractivity contribution is -0.174. The van der Waals surface area contributed by atoms with Crippen molar-refractivity contribution in [1.29, 1.82) is 0 Å². The van der Waals surface area contributed by atoms with E-state index in [1.165, 1.54) is 16.7 Å². The molecule has 0 radical (unpaired) electrons. The van der Waals surface area contributed by atoms with E-state index in [0.717, 1.165) is 6.07 Å². The molecule has 1 unspecified atom stereocenters. The number of nitrogens with zero attached hydrogens (tertiary/aromatic N) is 2. The molecule has 1 amide bonds. The molecule has 1 aromatic carbocycles. The summed E-state index contributed by atoms with van der Waals surface area (Å²) in [6.07, 6.45) is -4.87. The van der Waals surface area contributed by atoms with Crippen molar-refractivity contribution >= 4 is 51.8 Å². The van der Waals surface area contributed by atoms with Gasteiger partial charge in [-0.3, -0.25) is 9.59 Å². The summed E-state index contributed by atoms with van der Waals surface area (Å²) in [5.74, 6) is -3.73. The molecular formula is C20H18ClF4N3O4S. The summed E-state index contributed by atoms with van der Waals surface area (Å²) in [5.41, 5.74) is -0.741. The molecule has 1 fully saturated rings. The van der Waals surface area contributed by atoms with Crippen molar-refractivity contribution < 1.29 is 31.9 Å². The van der Waals surface area contributed by atoms with Crippen LogP contribution in [0.4, 0.5) is 23.2 Å². The molecule has 7 nitrogen and oxygen atoms in total. The van der Waals surface area contributed by atoms with Crippen LogP contribution >= 0.6 is 23.4 Å². The van der Waals surface area contributed by atoms with Gasteiger partial charge < -0.3 is 19.5 Å². The minimum Gasteiger partial charge on any atom is -0.462 e. The summed E-state index contributed by atoms with van der Waals surface area (Å²) in [7, 11) is 0. The fraction of sp³-hybridized carbons (Fsp3) is 0.450. The average molecular weight is 508 g/mol. The standard InChI is InChI=1S/C20H18ClF4N3O4S/c1-3-32-18(30)12-16(29)10-6-11(22)15(13(21)14(10)28-8(2)33-17(12)28)27-5-4-9(7-27)26-19(31)20(23,24)25/h6,8-9H,3-5,7H2,1-2H3,(H,26,31)/t8?,9-/m1/s1. The van der Waals surface area contributed by atoms with Crippen molar-refractivity contribution in [3.8, 4) is 0 Å². The molecule has 2 aliphatic rings. The van der Waals surface area contributed by atoms with Gasteiger partial charge >= 0.3 is 18.1 Å². The topological polar surface area (TPSA) is 80.6 Å². The van der Waals surface area contributed by atoms with Gasteiger partial charge in [0.25, 0.3) is 0 Å². The highest BCUT2D eigenvalue weighted by Gasteiger charge is 2.41. The number of esters is 1. The van der Waals surface area contributed by atoms with E-state index in [-0.39, 0.29) is 58.7 Å². The van der Waals surface area contributed by atoms with E-state index in [1.807, 2.05) is 12.2 Å². The lowest BCUT2D eigenvalue weighted by Crippen LogP contribution is -2.44. The second-order valence-electron chi connectivity index (χ2n) is 7.64. The Morgan fingerprint density at radius 1 is 1.36 bits per heavy atom. The van der Waals surface area contributed by atoms with Crippen LogP contribution < -0.4 is 15.6 Å². The highest BCUT2D eigenvalue weighted by atomic mass is 35.5. The molecule has 0 bridgehead atoms. The van der Waals surface area contributed by atoms with Crippen LogP contribution in [0.2, 0.25) is 5.02 Å². The van der Waals surface area contributed by atoms with Crippen molar-refractivity contribution in [3.63, 3.8) is 0 Å². The molecule has 2 aliphatic heterocycles. The average Bonchev–Trinajstić information content (AvgIpc) is 3.16. The van der Waals surface area contributed by atoms with Crippen molar-refractivity contribution in [2.24, 2.45) is 0 Å². The minimum atomic E-state index is -5.02. The smallest absolute Gasteiger partial charge is 0.462 e. The number of fused-ring (bicyclic) bond motifs is 3. The molecule has 0 saturated carbocycles. The predicted octanol–water partition coefficient (Wildman–Crippen LogP) is 3.85. The number of carbonyl (C=O) groups is 2. The van der Waals surface area contributed by atoms with Crippen LogP contribution in [-0.4, -0.2) is 48.4 Å². The van der Waals surface area contributed by atoms with Gasteiger partial charge in [-0.2, -0.15) is 13.2 Å². The Kier molecular flexibility index (Phi) is 6.02. The fourth-order valence-corrected chi connectivity index (χ4v) is 5.65. The van der Waals surface area contributed by atoms with Crippen LogP contribution in [0.15, 0.2) is 15.9 Å². The predicted molar refractivity (Wildman–Crippen MR) is 115 cm³/mol. The third-order valence-electron chi connectivity index (χ3n) is 5.54. The van der Waals surface area contributed by atoms with Gasteiger partial charge in [0.15, 0.2) is 0 Å². The quantitative estimate of drug-likeness (QED) is 0.500. The van der Waals surface area contributed by atoms with Gasteiger partial charge in [-0.25, -0.2) is 9.18 Å². The lowest BCUT2D eigenvalue weighted by Gasteiger charge is -2.34. The largest absolute Gasteiger partial charge is 0.471 e. The zero-order chi connectivity index (χ0) is 24.2. The van der Waals surface area contributed by atoms with Gasteiger partial charge in [-0.15, -0.1) is 0 Å². The Bertz CT molecular complexity index is 1230. The van der Waals surface area contributed by atoms with E-state index in [4.69, 9.17) is 16.3 Å². The highest BCUT2D eigenvalue weighted by molar-refractivity contribution is 8.00. The molecule has 0 spiro atoms. The third kappa shape index (κ3) is 3.92. The van der Waals surface area contributed by atoms with Crippen LogP contribution in [-0.2, 0) is 9.53 Å². The first-order valence-electron chi connectivity index (χ1n) is 10.0. The molecule has 33 heavy (non-hydrogen) atoms. The first-order valence-corrected chi connectivity index (χ1v) is 11.3. The zero-order valence-corrected chi connectivity index (χ0v) is 19.0. The Hall–Kier alpha value is -2.47. The van der Waals surface area contributed by atoms with Crippen molar-refractivity contribution in [2.45, 2.75) is 42.9 Å². The third-order valence-corrected chi connectivity index (χ3v) is 7.07. The Balaban J connectivity index is 1.77. The molecule has 0 aliphatic carbocycles. The summed E-state index contributed by atoms with van der Waals surface area (Å²) in [5, 5.41) is 1.86. The van der Waals surface area contributed by atoms with Gasteiger partial charge in [0.1, 0.15) is 11.4 Å². The van der Waals surface area contributed by atoms with Crippen LogP contribution in [0, 0.1) is 5.82 Å². The zero-order valence-electron chi connectivity index (χ0n) is 17.4. The molecular weight excluding hydrogens is 490 g/mol. The van der Waals surface area contributed by atoms with Crippen LogP contribution in [0.3, 0.4) is 0 Å². The Morgan fingerprint density at radius 3 is 2.67 bits per heavy atom. The van der Waals surface area contributed by atoms with Crippen molar-refractivity contribution in [3.05, 3.63) is 32.7 Å². The summed E-state index contributed by atoms with van der Waals surface area (Å²) >= 11 is 7.83. The number of alkyl halides is 3. The number of hydrogen-bond donors (Lipinski definition) is 1. The molecule has 3 heterocycles. The van der Waals surface area contributed by atoms with Crippen LogP contribution in [0.25, 0.3) is 10.9 Å². The van der Waals surface area contributed by atoms with E-state index in [9.17, 15) is 27.6 Å². The second kappa shape index (κ2) is 8.39. The first kappa shape index (κ1) is 23.7. The molecule has 2 atom stereocenters. The normalized spacial score (nSPS) is 19.9. The molecule has 178 valence electrons. The monoisotopic (exact) mass is 507 g/mol. The number of rotatable bonds is 4. The Labute approximate surface area is 194 Å². The SMILES string of the molecule is CCOC(=O)c1c2n(c3c(Cl)c(N4CC[C@@H](NC(=O)C(F)(F)F)C4)c(F)cc3c1=O)C(C)S2. The fourth-order valence-electron chi connectivity index (χ4n) is 4.11. The molecule has 1 aromatic heterocycles. The highest BCUT2D eigenvalue weighted by Crippen LogP contribution is 2.49. The number of thioether (sulfide) groups is 1. The van der Waals surface area contributed by atoms with E-state index in [1.54, 1.807) is 11.5 Å². The molecule has 13 heteroatoms. The number of amides is 1. The van der Waals surface area contributed by atoms with Gasteiger partial charge in [0.2, 0.25) is 5.43 Å². The number of nitrogens with one attached hydrogen (secondary N) is 1. The number of pyridine rings is 1. The molecule has 1 saturated heterocycles. The summed E-state index contributed by atoms with van der Waals surface area (Å²) < 4.78 is 59.4. The molecule has 2 aromatic rings. The number of hydrogen-bond acceptors (Lipinski definition) is 6. The summed E-state index contributed by atoms with van der Waals surface area (Å²) in [6, 6.07) is 0.128. The van der Waals surface area contributed by atoms with Gasteiger partial charge in [-0.05, 0) is 26.3 Å². The van der Waals surface area contributed by atoms with Crippen molar-refractivity contribution in [2.75, 3.05) is 24.6 Å². The minimum absolute atomic E-state index is 0.0605. The van der Waals surface area contributed by atoms with E-state index in [0.29, 0.717) is 5.03 Å². The van der Waals surface area contributed by atoms with E-state index >= 15 is 4.39 Å². The van der Waals surface area contributed by atoms with E-state index < -0.39 is 35.3 Å². The Morgan fingerprint density at radius 2 is 2.06 bits per heavy atom. The van der Waals surface area contributed by atoms with E-state index in [2.05, 4.69) is 0 Å². The number of benzene rings is 1. The number of carbonyl (C=O) groups excluding carboxylic acids is 2. The number of anilines is 1. The lowest BCUT2D eigenvalue weighted by atomic mass is 10.1. The summed E-state index contributed by atoms with van der Waals surface area (Å²) in [4.78, 5) is 38.1. The maximum atomic E-state index is 15.2. The molecule has 1 N–H and O–H groups in total.